The number of hydrogen-bond acceptors (Lipinski definition) is 4. The van der Waals surface area contributed by atoms with E-state index in [1.54, 1.807) is 0 Å². The molecule has 2 aromatic rings. The zero-order chi connectivity index (χ0) is 19.5. The molecular formula is C19H22ClNO4S. The molecule has 1 atom stereocenters. The van der Waals surface area contributed by atoms with Crippen molar-refractivity contribution < 1.29 is 17.9 Å². The number of nitrogens with one attached hydrogen (secondary N) is 1. The van der Waals surface area contributed by atoms with E-state index in [-0.39, 0.29) is 27.4 Å². The molecule has 140 valence electrons. The monoisotopic (exact) mass is 395 g/mol. The maximum atomic E-state index is 12.4. The van der Waals surface area contributed by atoms with E-state index < -0.39 is 9.84 Å². The zero-order valence-electron chi connectivity index (χ0n) is 15.2. The molecule has 2 aromatic carbocycles. The SMILES string of the molecule is Cc1cccc(C)c1OCC(C)NC(=O)c1ccc(S(C)(=O)=O)cc1Cl. The second-order valence-corrected chi connectivity index (χ2v) is 8.74. The van der Waals surface area contributed by atoms with E-state index in [0.717, 1.165) is 23.1 Å². The summed E-state index contributed by atoms with van der Waals surface area (Å²) < 4.78 is 28.9. The smallest absolute Gasteiger partial charge is 0.253 e. The van der Waals surface area contributed by atoms with Crippen LogP contribution in [0.15, 0.2) is 41.3 Å². The molecule has 0 spiro atoms. The molecule has 0 radical (unpaired) electrons. The van der Waals surface area contributed by atoms with E-state index in [1.807, 2.05) is 39.0 Å². The molecule has 0 aliphatic carbocycles. The number of halogens is 1. The summed E-state index contributed by atoms with van der Waals surface area (Å²) in [5.41, 5.74) is 2.28. The van der Waals surface area contributed by atoms with Crippen LogP contribution in [0.3, 0.4) is 0 Å². The summed E-state index contributed by atoms with van der Waals surface area (Å²) in [6, 6.07) is 9.70. The largest absolute Gasteiger partial charge is 0.491 e. The van der Waals surface area contributed by atoms with Crippen LogP contribution in [0.25, 0.3) is 0 Å². The zero-order valence-corrected chi connectivity index (χ0v) is 16.7. The lowest BCUT2D eigenvalue weighted by atomic mass is 10.1. The second-order valence-electron chi connectivity index (χ2n) is 6.32. The van der Waals surface area contributed by atoms with E-state index in [0.29, 0.717) is 6.61 Å². The van der Waals surface area contributed by atoms with Gasteiger partial charge in [-0.25, -0.2) is 8.42 Å². The van der Waals surface area contributed by atoms with Crippen molar-refractivity contribution in [3.05, 3.63) is 58.1 Å². The highest BCUT2D eigenvalue weighted by Crippen LogP contribution is 2.23. The highest BCUT2D eigenvalue weighted by Gasteiger charge is 2.17. The number of amides is 1. The predicted molar refractivity (Wildman–Crippen MR) is 103 cm³/mol. The average molecular weight is 396 g/mol. The first-order chi connectivity index (χ1) is 12.1. The number of rotatable bonds is 6. The van der Waals surface area contributed by atoms with E-state index >= 15 is 0 Å². The van der Waals surface area contributed by atoms with Crippen LogP contribution in [-0.4, -0.2) is 33.2 Å². The van der Waals surface area contributed by atoms with Gasteiger partial charge in [0.25, 0.3) is 5.91 Å². The molecule has 0 aliphatic heterocycles. The maximum absolute atomic E-state index is 12.4. The quantitative estimate of drug-likeness (QED) is 0.811. The molecule has 0 saturated carbocycles. The van der Waals surface area contributed by atoms with Gasteiger partial charge in [0.1, 0.15) is 12.4 Å². The van der Waals surface area contributed by atoms with Gasteiger partial charge in [0, 0.05) is 6.26 Å². The Hall–Kier alpha value is -2.05. The molecule has 26 heavy (non-hydrogen) atoms. The van der Waals surface area contributed by atoms with Gasteiger partial charge < -0.3 is 10.1 Å². The van der Waals surface area contributed by atoms with E-state index in [9.17, 15) is 13.2 Å². The minimum atomic E-state index is -3.37. The van der Waals surface area contributed by atoms with Crippen molar-refractivity contribution in [3.8, 4) is 5.75 Å². The van der Waals surface area contributed by atoms with Crippen LogP contribution in [0.1, 0.15) is 28.4 Å². The number of hydrogen-bond donors (Lipinski definition) is 1. The van der Waals surface area contributed by atoms with Gasteiger partial charge in [0.2, 0.25) is 0 Å². The van der Waals surface area contributed by atoms with Gasteiger partial charge in [-0.3, -0.25) is 4.79 Å². The Bertz CT molecular complexity index is 905. The average Bonchev–Trinajstić information content (AvgIpc) is 2.53. The number of carbonyl (C=O) groups excluding carboxylic acids is 1. The summed E-state index contributed by atoms with van der Waals surface area (Å²) in [6.07, 6.45) is 1.09. The van der Waals surface area contributed by atoms with Gasteiger partial charge in [0.15, 0.2) is 9.84 Å². The van der Waals surface area contributed by atoms with E-state index in [4.69, 9.17) is 16.3 Å². The topological polar surface area (TPSA) is 72.5 Å². The molecular weight excluding hydrogens is 374 g/mol. The molecule has 5 nitrogen and oxygen atoms in total. The van der Waals surface area contributed by atoms with Crippen LogP contribution in [0.5, 0.6) is 5.75 Å². The molecule has 0 heterocycles. The fourth-order valence-electron chi connectivity index (χ4n) is 2.49. The Morgan fingerprint density at radius 2 is 1.81 bits per heavy atom. The fraction of sp³-hybridized carbons (Fsp3) is 0.316. The Kier molecular flexibility index (Phi) is 6.31. The van der Waals surface area contributed by atoms with Gasteiger partial charge >= 0.3 is 0 Å². The normalized spacial score (nSPS) is 12.5. The first-order valence-corrected chi connectivity index (χ1v) is 10.4. The summed E-state index contributed by atoms with van der Waals surface area (Å²) in [6.45, 7) is 6.06. The van der Waals surface area contributed by atoms with Gasteiger partial charge in [-0.1, -0.05) is 29.8 Å². The fourth-order valence-corrected chi connectivity index (χ4v) is 3.47. The predicted octanol–water partition coefficient (Wildman–Crippen LogP) is 3.56. The van der Waals surface area contributed by atoms with Crippen molar-refractivity contribution in [1.82, 2.24) is 5.32 Å². The molecule has 1 unspecified atom stereocenters. The minimum absolute atomic E-state index is 0.0745. The highest BCUT2D eigenvalue weighted by molar-refractivity contribution is 7.90. The molecule has 0 aromatic heterocycles. The summed E-state index contributed by atoms with van der Waals surface area (Å²) in [7, 11) is -3.37. The standard InChI is InChI=1S/C19H22ClNO4S/c1-12-6-5-7-13(2)18(12)25-11-14(3)21-19(22)16-9-8-15(10-17(16)20)26(4,23)24/h5-10,14H,11H2,1-4H3,(H,21,22). The first-order valence-electron chi connectivity index (χ1n) is 8.09. The lowest BCUT2D eigenvalue weighted by Crippen LogP contribution is -2.37. The van der Waals surface area contributed by atoms with Crippen LogP contribution < -0.4 is 10.1 Å². The summed E-state index contributed by atoms with van der Waals surface area (Å²) in [5.74, 6) is 0.428. The number of benzene rings is 2. The van der Waals surface area contributed by atoms with Crippen LogP contribution in [0.2, 0.25) is 5.02 Å². The third-order valence-corrected chi connectivity index (χ3v) is 5.30. The maximum Gasteiger partial charge on any atom is 0.253 e. The van der Waals surface area contributed by atoms with E-state index in [1.165, 1.54) is 18.2 Å². The first kappa shape index (κ1) is 20.3. The summed E-state index contributed by atoms with van der Waals surface area (Å²) in [5, 5.41) is 2.90. The number of carbonyl (C=O) groups is 1. The lowest BCUT2D eigenvalue weighted by molar-refractivity contribution is 0.0926. The Morgan fingerprint density at radius 3 is 2.35 bits per heavy atom. The van der Waals surface area contributed by atoms with Gasteiger partial charge in [0.05, 0.1) is 21.5 Å². The van der Waals surface area contributed by atoms with Crippen LogP contribution in [-0.2, 0) is 9.84 Å². The van der Waals surface area contributed by atoms with Crippen LogP contribution >= 0.6 is 11.6 Å². The number of sulfone groups is 1. The minimum Gasteiger partial charge on any atom is -0.491 e. The molecule has 0 saturated heterocycles. The van der Waals surface area contributed by atoms with Crippen molar-refractivity contribution in [2.75, 3.05) is 12.9 Å². The Labute approximate surface area is 159 Å². The molecule has 2 rings (SSSR count). The van der Waals surface area contributed by atoms with Crippen molar-refractivity contribution in [2.24, 2.45) is 0 Å². The second kappa shape index (κ2) is 8.10. The molecule has 7 heteroatoms. The third kappa shape index (κ3) is 4.99. The Balaban J connectivity index is 2.03. The molecule has 0 fully saturated rings. The van der Waals surface area contributed by atoms with Gasteiger partial charge in [-0.15, -0.1) is 0 Å². The highest BCUT2D eigenvalue weighted by atomic mass is 35.5. The van der Waals surface area contributed by atoms with Crippen molar-refractivity contribution in [1.29, 1.82) is 0 Å². The number of para-hydroxylation sites is 1. The number of ether oxygens (including phenoxy) is 1. The molecule has 0 bridgehead atoms. The summed E-state index contributed by atoms with van der Waals surface area (Å²) >= 11 is 6.07. The van der Waals surface area contributed by atoms with Crippen LogP contribution in [0, 0.1) is 13.8 Å². The van der Waals surface area contributed by atoms with Crippen molar-refractivity contribution in [2.45, 2.75) is 31.7 Å². The van der Waals surface area contributed by atoms with Crippen molar-refractivity contribution in [3.63, 3.8) is 0 Å². The molecule has 1 amide bonds. The van der Waals surface area contributed by atoms with Gasteiger partial charge in [-0.2, -0.15) is 0 Å². The van der Waals surface area contributed by atoms with Crippen LogP contribution in [0.4, 0.5) is 0 Å². The molecule has 1 N–H and O–H groups in total. The van der Waals surface area contributed by atoms with Crippen molar-refractivity contribution >= 4 is 27.3 Å². The summed E-state index contributed by atoms with van der Waals surface area (Å²) in [4.78, 5) is 12.5. The Morgan fingerprint density at radius 1 is 1.19 bits per heavy atom. The number of aryl methyl sites for hydroxylation is 2. The third-order valence-electron chi connectivity index (χ3n) is 3.88. The lowest BCUT2D eigenvalue weighted by Gasteiger charge is -2.18. The molecule has 0 aliphatic rings. The van der Waals surface area contributed by atoms with E-state index in [2.05, 4.69) is 5.32 Å². The van der Waals surface area contributed by atoms with Gasteiger partial charge in [-0.05, 0) is 50.1 Å².